The molecule has 0 atom stereocenters. The Kier molecular flexibility index (Phi) is 8.01. The fraction of sp³-hybridized carbons (Fsp3) is 0.107. The Hall–Kier alpha value is -4.01. The number of methoxy groups -OCH3 is 1. The summed E-state index contributed by atoms with van der Waals surface area (Å²) in [4.78, 5) is 13.3. The van der Waals surface area contributed by atoms with E-state index in [1.165, 1.54) is 31.4 Å². The lowest BCUT2D eigenvalue weighted by Gasteiger charge is -2.25. The lowest BCUT2D eigenvalue weighted by Crippen LogP contribution is -2.38. The molecule has 9 heteroatoms. The molecule has 0 aliphatic carbocycles. The highest BCUT2D eigenvalue weighted by Gasteiger charge is 2.28. The molecule has 0 saturated heterocycles. The number of halogens is 1. The van der Waals surface area contributed by atoms with Crippen LogP contribution in [0.25, 0.3) is 0 Å². The van der Waals surface area contributed by atoms with Gasteiger partial charge in [-0.25, -0.2) is 8.42 Å². The second kappa shape index (κ2) is 11.4. The fourth-order valence-electron chi connectivity index (χ4n) is 3.56. The van der Waals surface area contributed by atoms with Gasteiger partial charge in [-0.3, -0.25) is 9.10 Å². The second-order valence-corrected chi connectivity index (χ2v) is 10.4. The molecule has 4 rings (SSSR count). The Balaban J connectivity index is 1.65. The van der Waals surface area contributed by atoms with Gasteiger partial charge in [-0.15, -0.1) is 0 Å². The van der Waals surface area contributed by atoms with Gasteiger partial charge >= 0.3 is 0 Å². The summed E-state index contributed by atoms with van der Waals surface area (Å²) in [5.41, 5.74) is 1.53. The van der Waals surface area contributed by atoms with Crippen molar-refractivity contribution in [3.63, 3.8) is 0 Å². The lowest BCUT2D eigenvalue weighted by atomic mass is 10.2. The van der Waals surface area contributed by atoms with Crippen molar-refractivity contribution in [1.82, 2.24) is 0 Å². The number of nitrogens with one attached hydrogen (secondary N) is 1. The van der Waals surface area contributed by atoms with Crippen molar-refractivity contribution in [2.45, 2.75) is 11.8 Å². The zero-order valence-electron chi connectivity index (χ0n) is 20.2. The van der Waals surface area contributed by atoms with Crippen molar-refractivity contribution < 1.29 is 22.7 Å². The number of anilines is 2. The summed E-state index contributed by atoms with van der Waals surface area (Å²) in [5, 5.41) is 2.99. The molecule has 0 aliphatic heterocycles. The molecule has 0 radical (unpaired) electrons. The first-order chi connectivity index (χ1) is 17.8. The van der Waals surface area contributed by atoms with Gasteiger partial charge in [-0.05, 0) is 61.5 Å². The number of nitrogens with zero attached hydrogens (tertiary/aromatic N) is 1. The predicted octanol–water partition coefficient (Wildman–Crippen LogP) is 6.28. The van der Waals surface area contributed by atoms with E-state index in [0.29, 0.717) is 22.9 Å². The molecule has 0 bridgehead atoms. The monoisotopic (exact) mass is 536 g/mol. The molecule has 37 heavy (non-hydrogen) atoms. The molecule has 0 heterocycles. The first-order valence-corrected chi connectivity index (χ1v) is 13.1. The smallest absolute Gasteiger partial charge is 0.264 e. The predicted molar refractivity (Wildman–Crippen MR) is 145 cm³/mol. The zero-order chi connectivity index (χ0) is 26.4. The number of aryl methyl sites for hydroxylation is 1. The molecule has 7 nitrogen and oxygen atoms in total. The number of hydrogen-bond acceptors (Lipinski definition) is 5. The number of rotatable bonds is 9. The molecule has 4 aromatic carbocycles. The lowest BCUT2D eigenvalue weighted by molar-refractivity contribution is -0.114. The molecule has 0 aliphatic rings. The highest BCUT2D eigenvalue weighted by molar-refractivity contribution is 7.92. The highest BCUT2D eigenvalue weighted by atomic mass is 35.5. The normalized spacial score (nSPS) is 11.0. The van der Waals surface area contributed by atoms with Gasteiger partial charge in [0.2, 0.25) is 5.91 Å². The highest BCUT2D eigenvalue weighted by Crippen LogP contribution is 2.33. The van der Waals surface area contributed by atoms with Crippen LogP contribution in [0.15, 0.2) is 102 Å². The molecule has 0 fully saturated rings. The molecule has 190 valence electrons. The van der Waals surface area contributed by atoms with E-state index in [0.717, 1.165) is 9.87 Å². The van der Waals surface area contributed by atoms with Gasteiger partial charge in [0.1, 0.15) is 18.0 Å². The van der Waals surface area contributed by atoms with Gasteiger partial charge in [0.05, 0.1) is 28.4 Å². The van der Waals surface area contributed by atoms with Crippen LogP contribution in [0.4, 0.5) is 11.4 Å². The summed E-state index contributed by atoms with van der Waals surface area (Å²) < 4.78 is 39.4. The van der Waals surface area contributed by atoms with Gasteiger partial charge in [0.25, 0.3) is 10.0 Å². The van der Waals surface area contributed by atoms with Gasteiger partial charge in [0.15, 0.2) is 5.75 Å². The Morgan fingerprint density at radius 3 is 2.24 bits per heavy atom. The SMILES string of the molecule is COc1ccc(N(CC(=O)Nc2ccccc2Oc2ccccc2)S(=O)(=O)c2ccc(C)cc2)cc1Cl. The van der Waals surface area contributed by atoms with Crippen molar-refractivity contribution in [3.05, 3.63) is 108 Å². The number of hydrogen-bond donors (Lipinski definition) is 1. The topological polar surface area (TPSA) is 84.9 Å². The van der Waals surface area contributed by atoms with Gasteiger partial charge in [-0.2, -0.15) is 0 Å². The van der Waals surface area contributed by atoms with Crippen LogP contribution in [-0.4, -0.2) is 28.0 Å². The van der Waals surface area contributed by atoms with Crippen molar-refractivity contribution in [2.75, 3.05) is 23.3 Å². The van der Waals surface area contributed by atoms with Crippen LogP contribution in [0.3, 0.4) is 0 Å². The van der Waals surface area contributed by atoms with Gasteiger partial charge in [0, 0.05) is 0 Å². The Morgan fingerprint density at radius 1 is 0.892 bits per heavy atom. The number of ether oxygens (including phenoxy) is 2. The molecule has 1 amide bonds. The van der Waals surface area contributed by atoms with Crippen LogP contribution in [-0.2, 0) is 14.8 Å². The average molecular weight is 537 g/mol. The minimum absolute atomic E-state index is 0.0469. The van der Waals surface area contributed by atoms with E-state index in [1.807, 2.05) is 25.1 Å². The number of amides is 1. The van der Waals surface area contributed by atoms with Crippen molar-refractivity contribution in [3.8, 4) is 17.2 Å². The van der Waals surface area contributed by atoms with E-state index < -0.39 is 22.5 Å². The maximum Gasteiger partial charge on any atom is 0.264 e. The summed E-state index contributed by atoms with van der Waals surface area (Å²) >= 11 is 6.29. The van der Waals surface area contributed by atoms with Gasteiger partial charge < -0.3 is 14.8 Å². The molecular formula is C28H25ClN2O5S. The summed E-state index contributed by atoms with van der Waals surface area (Å²) in [6.07, 6.45) is 0. The molecule has 0 aromatic heterocycles. The Bertz CT molecular complexity index is 1490. The average Bonchev–Trinajstić information content (AvgIpc) is 2.89. The first kappa shape index (κ1) is 26.1. The first-order valence-electron chi connectivity index (χ1n) is 11.3. The largest absolute Gasteiger partial charge is 0.495 e. The van der Waals surface area contributed by atoms with Crippen LogP contribution in [0.5, 0.6) is 17.2 Å². The summed E-state index contributed by atoms with van der Waals surface area (Å²) in [6.45, 7) is 1.36. The van der Waals surface area contributed by atoms with E-state index in [-0.39, 0.29) is 15.6 Å². The third-order valence-electron chi connectivity index (χ3n) is 5.45. The Labute approximate surface area is 221 Å². The van der Waals surface area contributed by atoms with E-state index in [1.54, 1.807) is 54.6 Å². The molecule has 0 spiro atoms. The summed E-state index contributed by atoms with van der Waals surface area (Å²) in [5.74, 6) is 0.837. The number of carbonyl (C=O) groups excluding carboxylic acids is 1. The van der Waals surface area contributed by atoms with E-state index in [4.69, 9.17) is 21.1 Å². The standard InChI is InChI=1S/C28H25ClN2O5S/c1-20-12-15-23(16-13-20)37(33,34)31(21-14-17-26(35-2)24(29)18-21)19-28(32)30-25-10-6-7-11-27(25)36-22-8-4-3-5-9-22/h3-18H,19H2,1-2H3,(H,30,32). The molecular weight excluding hydrogens is 512 g/mol. The number of carbonyl (C=O) groups is 1. The van der Waals surface area contributed by atoms with Crippen LogP contribution in [0.2, 0.25) is 5.02 Å². The third kappa shape index (κ3) is 6.22. The molecule has 1 N–H and O–H groups in total. The maximum atomic E-state index is 13.7. The van der Waals surface area contributed by atoms with Crippen LogP contribution in [0.1, 0.15) is 5.56 Å². The summed E-state index contributed by atoms with van der Waals surface area (Å²) in [6, 6.07) is 27.0. The molecule has 4 aromatic rings. The fourth-order valence-corrected chi connectivity index (χ4v) is 5.22. The minimum atomic E-state index is -4.11. The van der Waals surface area contributed by atoms with E-state index in [9.17, 15) is 13.2 Å². The summed E-state index contributed by atoms with van der Waals surface area (Å²) in [7, 11) is -2.65. The van der Waals surface area contributed by atoms with Crippen LogP contribution < -0.4 is 19.1 Å². The number of sulfonamides is 1. The van der Waals surface area contributed by atoms with Crippen LogP contribution in [0, 0.1) is 6.92 Å². The van der Waals surface area contributed by atoms with E-state index >= 15 is 0 Å². The van der Waals surface area contributed by atoms with E-state index in [2.05, 4.69) is 5.32 Å². The van der Waals surface area contributed by atoms with Gasteiger partial charge in [-0.1, -0.05) is 59.6 Å². The Morgan fingerprint density at radius 2 is 1.57 bits per heavy atom. The molecule has 0 saturated carbocycles. The van der Waals surface area contributed by atoms with Crippen molar-refractivity contribution >= 4 is 38.9 Å². The van der Waals surface area contributed by atoms with Crippen molar-refractivity contribution in [1.29, 1.82) is 0 Å². The third-order valence-corrected chi connectivity index (χ3v) is 7.54. The maximum absolute atomic E-state index is 13.7. The number of para-hydroxylation sites is 3. The molecule has 0 unspecified atom stereocenters. The van der Waals surface area contributed by atoms with Crippen LogP contribution >= 0.6 is 11.6 Å². The minimum Gasteiger partial charge on any atom is -0.495 e. The quantitative estimate of drug-likeness (QED) is 0.272. The zero-order valence-corrected chi connectivity index (χ0v) is 21.8. The second-order valence-electron chi connectivity index (χ2n) is 8.10. The van der Waals surface area contributed by atoms with Crippen molar-refractivity contribution in [2.24, 2.45) is 0 Å². The number of benzene rings is 4.